The van der Waals surface area contributed by atoms with Crippen molar-refractivity contribution in [3.05, 3.63) is 146 Å². The van der Waals surface area contributed by atoms with Crippen LogP contribution < -0.4 is 0 Å². The second-order valence-corrected chi connectivity index (χ2v) is 18.8. The summed E-state index contributed by atoms with van der Waals surface area (Å²) >= 11 is 0. The number of aliphatic carboxylic acids is 1. The first-order chi connectivity index (χ1) is 37.6. The van der Waals surface area contributed by atoms with Gasteiger partial charge in [-0.25, -0.2) is 4.79 Å². The Labute approximate surface area is 463 Å². The maximum absolute atomic E-state index is 13.1. The predicted molar refractivity (Wildman–Crippen MR) is 312 cm³/mol. The van der Waals surface area contributed by atoms with E-state index in [1.165, 1.54) is 25.7 Å². The highest BCUT2D eigenvalue weighted by Crippen LogP contribution is 2.26. The zero-order valence-electron chi connectivity index (χ0n) is 47.1. The normalized spacial score (nSPS) is 19.1. The third-order valence-corrected chi connectivity index (χ3v) is 11.9. The van der Waals surface area contributed by atoms with Gasteiger partial charge in [0.25, 0.3) is 0 Å². The molecule has 77 heavy (non-hydrogen) atoms. The number of aliphatic hydroxyl groups excluding tert-OH is 2. The lowest BCUT2D eigenvalue weighted by atomic mass is 9.98. The highest BCUT2D eigenvalue weighted by atomic mass is 16.7. The van der Waals surface area contributed by atoms with E-state index in [-0.39, 0.29) is 25.9 Å². The molecule has 1 heterocycles. The van der Waals surface area contributed by atoms with Gasteiger partial charge in [-0.1, -0.05) is 212 Å². The minimum Gasteiger partial charge on any atom is -0.479 e. The lowest BCUT2D eigenvalue weighted by molar-refractivity contribution is -0.301. The van der Waals surface area contributed by atoms with Crippen LogP contribution in [0.25, 0.3) is 0 Å². The predicted octanol–water partition coefficient (Wildman–Crippen LogP) is 14.8. The molecule has 0 radical (unpaired) electrons. The third kappa shape index (κ3) is 41.4. The van der Waals surface area contributed by atoms with Crippen molar-refractivity contribution >= 4 is 23.9 Å². The topological polar surface area (TPSA) is 175 Å². The molecular formula is C65H98O12. The quantitative estimate of drug-likeness (QED) is 0.0228. The van der Waals surface area contributed by atoms with Crippen molar-refractivity contribution in [2.75, 3.05) is 13.2 Å². The van der Waals surface area contributed by atoms with Gasteiger partial charge in [0.15, 0.2) is 24.6 Å². The fraction of sp³-hybridized carbons (Fsp3) is 0.569. The summed E-state index contributed by atoms with van der Waals surface area (Å²) in [6, 6.07) is 0. The van der Waals surface area contributed by atoms with E-state index in [1.54, 1.807) is 18.2 Å². The number of carbonyl (C=O) groups is 4. The number of carboxylic acids is 1. The fourth-order valence-corrected chi connectivity index (χ4v) is 7.61. The van der Waals surface area contributed by atoms with Crippen molar-refractivity contribution in [2.45, 2.75) is 225 Å². The van der Waals surface area contributed by atoms with Crippen molar-refractivity contribution in [2.24, 2.45) is 0 Å². The highest BCUT2D eigenvalue weighted by molar-refractivity contribution is 5.74. The Kier molecular flexibility index (Phi) is 46.4. The minimum atomic E-state index is -1.96. The molecule has 3 N–H and O–H groups in total. The Bertz CT molecular complexity index is 1890. The molecule has 0 aliphatic carbocycles. The smallest absolute Gasteiger partial charge is 0.335 e. The second-order valence-electron chi connectivity index (χ2n) is 18.8. The van der Waals surface area contributed by atoms with Crippen LogP contribution in [-0.4, -0.2) is 89.2 Å². The lowest BCUT2D eigenvalue weighted by Gasteiger charge is -2.40. The van der Waals surface area contributed by atoms with Crippen LogP contribution in [0.15, 0.2) is 146 Å². The van der Waals surface area contributed by atoms with Gasteiger partial charge in [0.05, 0.1) is 19.4 Å². The monoisotopic (exact) mass is 1070 g/mol. The van der Waals surface area contributed by atoms with Crippen LogP contribution in [0.5, 0.6) is 0 Å². The van der Waals surface area contributed by atoms with E-state index >= 15 is 0 Å². The molecule has 430 valence electrons. The van der Waals surface area contributed by atoms with E-state index in [2.05, 4.69) is 118 Å². The van der Waals surface area contributed by atoms with Gasteiger partial charge in [-0.05, 0) is 103 Å². The van der Waals surface area contributed by atoms with Crippen LogP contribution in [-0.2, 0) is 42.9 Å². The zero-order chi connectivity index (χ0) is 56.1. The first kappa shape index (κ1) is 69.6. The standard InChI is InChI=1S/C65H98O12/c1-4-7-10-13-16-19-22-25-28-29-32-33-36-39-42-45-48-51-57(66)73-54-56(75-58(67)52-49-46-43-40-37-34-30-26-23-20-17-14-11-8-5-2)55-74-65-63(61(70)60(69)62(77-65)64(71)72)76-59(68)53-50-47-44-41-38-35-31-27-24-21-18-15-12-9-6-3/h8-9,11-12,16-21,25-28,30-31,37-38,40-41,46-47,49-50,56,60-63,65,69-70H,4-7,10,13-15,22-24,29,32-36,39,42-45,48,51-55H2,1-3H3,(H,71,72)/b11-8-,12-9-,19-16-,20-17-,21-18-,28-25-,30-26-,31-27-,40-37-,41-38-,49-46-,50-47-. The van der Waals surface area contributed by atoms with Crippen LogP contribution in [0.1, 0.15) is 188 Å². The molecule has 12 nitrogen and oxygen atoms in total. The number of ether oxygens (including phenoxy) is 5. The minimum absolute atomic E-state index is 0.0898. The number of aliphatic hydroxyl groups is 2. The molecule has 0 spiro atoms. The Balaban J connectivity index is 2.82. The number of hydrogen-bond acceptors (Lipinski definition) is 11. The Morgan fingerprint density at radius 2 is 0.857 bits per heavy atom. The SMILES string of the molecule is CC/C=C\C/C=C\C/C=C\C/C=C\C/C=C\CC(=O)OC(COC(=O)CCCCCCCCC/C=C\C/C=C\CCCCC)COC1OC(C(=O)O)C(O)C(O)C1OC(=O)C/C=C\C/C=C\C/C=C\C/C=C\C/C=C\CC. The number of hydrogen-bond donors (Lipinski definition) is 3. The molecule has 0 aromatic rings. The summed E-state index contributed by atoms with van der Waals surface area (Å²) in [7, 11) is 0. The van der Waals surface area contributed by atoms with Crippen LogP contribution in [0, 0.1) is 0 Å². The van der Waals surface area contributed by atoms with Crippen LogP contribution in [0.4, 0.5) is 0 Å². The van der Waals surface area contributed by atoms with Gasteiger partial charge in [-0.2, -0.15) is 0 Å². The average molecular weight is 1070 g/mol. The highest BCUT2D eigenvalue weighted by Gasteiger charge is 2.50. The summed E-state index contributed by atoms with van der Waals surface area (Å²) < 4.78 is 28.1. The second kappa shape index (κ2) is 51.4. The summed E-state index contributed by atoms with van der Waals surface area (Å²) in [5.41, 5.74) is 0. The van der Waals surface area contributed by atoms with Crippen molar-refractivity contribution in [1.29, 1.82) is 0 Å². The molecule has 1 rings (SSSR count). The van der Waals surface area contributed by atoms with E-state index in [1.807, 2.05) is 30.4 Å². The molecule has 0 aromatic carbocycles. The molecule has 1 aliphatic rings. The largest absolute Gasteiger partial charge is 0.479 e. The van der Waals surface area contributed by atoms with Crippen LogP contribution in [0.2, 0.25) is 0 Å². The Morgan fingerprint density at radius 1 is 0.455 bits per heavy atom. The summed E-state index contributed by atoms with van der Waals surface area (Å²) in [5, 5.41) is 31.4. The summed E-state index contributed by atoms with van der Waals surface area (Å²) in [5.74, 6) is -3.49. The summed E-state index contributed by atoms with van der Waals surface area (Å²) in [6.07, 6.45) is 61.6. The van der Waals surface area contributed by atoms with Crippen LogP contribution >= 0.6 is 0 Å². The van der Waals surface area contributed by atoms with Crippen molar-refractivity contribution in [3.8, 4) is 0 Å². The van der Waals surface area contributed by atoms with E-state index in [4.69, 9.17) is 23.7 Å². The maximum Gasteiger partial charge on any atom is 0.335 e. The molecule has 6 atom stereocenters. The number of carboxylic acid groups (broad SMARTS) is 1. The maximum atomic E-state index is 13.1. The van der Waals surface area contributed by atoms with Gasteiger partial charge in [0, 0.05) is 6.42 Å². The van der Waals surface area contributed by atoms with Gasteiger partial charge in [-0.3, -0.25) is 14.4 Å². The molecular weight excluding hydrogens is 973 g/mol. The van der Waals surface area contributed by atoms with Crippen molar-refractivity contribution < 1.29 is 58.2 Å². The summed E-state index contributed by atoms with van der Waals surface area (Å²) in [6.45, 7) is 5.58. The molecule has 0 saturated carbocycles. The molecule has 0 bridgehead atoms. The summed E-state index contributed by atoms with van der Waals surface area (Å²) in [4.78, 5) is 51.0. The van der Waals surface area contributed by atoms with E-state index in [0.717, 1.165) is 103 Å². The average Bonchev–Trinajstić information content (AvgIpc) is 3.43. The molecule has 0 aromatic heterocycles. The molecule has 1 fully saturated rings. The van der Waals surface area contributed by atoms with Crippen LogP contribution in [0.3, 0.4) is 0 Å². The van der Waals surface area contributed by atoms with Crippen molar-refractivity contribution in [3.63, 3.8) is 0 Å². The molecule has 1 saturated heterocycles. The molecule has 12 heteroatoms. The van der Waals surface area contributed by atoms with E-state index < -0.39 is 67.3 Å². The first-order valence-corrected chi connectivity index (χ1v) is 28.8. The number of carbonyl (C=O) groups excluding carboxylic acids is 3. The number of unbranched alkanes of at least 4 members (excludes halogenated alkanes) is 10. The van der Waals surface area contributed by atoms with Gasteiger partial charge in [-0.15, -0.1) is 0 Å². The molecule has 6 unspecified atom stereocenters. The van der Waals surface area contributed by atoms with Gasteiger partial charge in [0.2, 0.25) is 0 Å². The number of rotatable bonds is 46. The molecule has 1 aliphatic heterocycles. The first-order valence-electron chi connectivity index (χ1n) is 28.8. The van der Waals surface area contributed by atoms with E-state index in [9.17, 15) is 34.5 Å². The Morgan fingerprint density at radius 3 is 1.31 bits per heavy atom. The zero-order valence-corrected chi connectivity index (χ0v) is 47.1. The fourth-order valence-electron chi connectivity index (χ4n) is 7.61. The van der Waals surface area contributed by atoms with Crippen molar-refractivity contribution in [1.82, 2.24) is 0 Å². The lowest BCUT2D eigenvalue weighted by Crippen LogP contribution is -2.61. The van der Waals surface area contributed by atoms with Gasteiger partial charge >= 0.3 is 23.9 Å². The third-order valence-electron chi connectivity index (χ3n) is 11.9. The van der Waals surface area contributed by atoms with Gasteiger partial charge in [0.1, 0.15) is 18.8 Å². The van der Waals surface area contributed by atoms with E-state index in [0.29, 0.717) is 19.3 Å². The molecule has 0 amide bonds. The number of esters is 3. The number of allylic oxidation sites excluding steroid dienone is 22. The van der Waals surface area contributed by atoms with Gasteiger partial charge < -0.3 is 39.0 Å². The Hall–Kier alpha value is -5.40.